The molecular formula is C33H43N3O5. The average Bonchev–Trinajstić information content (AvgIpc) is 2.92. The number of methoxy groups -OCH3 is 1. The molecule has 0 radical (unpaired) electrons. The third kappa shape index (κ3) is 7.76. The minimum absolute atomic E-state index is 0.232. The Labute approximate surface area is 243 Å². The molecule has 8 heteroatoms. The minimum Gasteiger partial charge on any atom is -0.497 e. The Morgan fingerprint density at radius 2 is 1.68 bits per heavy atom. The lowest BCUT2D eigenvalue weighted by Gasteiger charge is -2.40. The maximum atomic E-state index is 12.6. The summed E-state index contributed by atoms with van der Waals surface area (Å²) in [5.74, 6) is 0.466. The van der Waals surface area contributed by atoms with Crippen LogP contribution in [0, 0.1) is 12.3 Å². The molecule has 0 bridgehead atoms. The van der Waals surface area contributed by atoms with E-state index < -0.39 is 17.7 Å². The van der Waals surface area contributed by atoms with Gasteiger partial charge in [0.25, 0.3) is 0 Å². The van der Waals surface area contributed by atoms with Gasteiger partial charge < -0.3 is 24.2 Å². The fourth-order valence-corrected chi connectivity index (χ4v) is 5.08. The van der Waals surface area contributed by atoms with E-state index in [1.807, 2.05) is 64.1 Å². The van der Waals surface area contributed by atoms with Crippen LogP contribution in [0.1, 0.15) is 70.4 Å². The lowest BCUT2D eigenvalue weighted by molar-refractivity contribution is -0.160. The molecule has 1 aromatic carbocycles. The van der Waals surface area contributed by atoms with Gasteiger partial charge >= 0.3 is 5.97 Å². The molecule has 2 aromatic heterocycles. The van der Waals surface area contributed by atoms with Crippen molar-refractivity contribution in [1.29, 1.82) is 0 Å². The van der Waals surface area contributed by atoms with Crippen LogP contribution in [0.5, 0.6) is 11.5 Å². The van der Waals surface area contributed by atoms with Crippen LogP contribution < -0.4 is 14.4 Å². The van der Waals surface area contributed by atoms with Crippen LogP contribution in [0.2, 0.25) is 0 Å². The molecule has 4 rings (SSSR count). The topological polar surface area (TPSA) is 94.0 Å². The second-order valence-electron chi connectivity index (χ2n) is 12.4. The summed E-state index contributed by atoms with van der Waals surface area (Å²) < 4.78 is 17.3. The lowest BCUT2D eigenvalue weighted by atomic mass is 9.82. The van der Waals surface area contributed by atoms with E-state index in [-0.39, 0.29) is 5.41 Å². The number of piperidine rings is 1. The molecule has 0 saturated carbocycles. The molecule has 3 heterocycles. The number of carboxylic acid groups (broad SMARTS) is 1. The highest BCUT2D eigenvalue weighted by Crippen LogP contribution is 2.43. The van der Waals surface area contributed by atoms with Crippen LogP contribution in [-0.4, -0.2) is 53.5 Å². The largest absolute Gasteiger partial charge is 0.497 e. The van der Waals surface area contributed by atoms with Crippen LogP contribution >= 0.6 is 0 Å². The highest BCUT2D eigenvalue weighted by atomic mass is 16.5. The molecule has 0 aliphatic carbocycles. The van der Waals surface area contributed by atoms with Crippen LogP contribution in [-0.2, 0) is 16.0 Å². The van der Waals surface area contributed by atoms with E-state index in [2.05, 4.69) is 23.7 Å². The number of benzene rings is 1. The summed E-state index contributed by atoms with van der Waals surface area (Å²) in [5, 5.41) is 10.3. The summed E-state index contributed by atoms with van der Waals surface area (Å²) >= 11 is 0. The SMILES string of the molecule is COc1ccc(CCOc2ccc(-c3cnc(C)c(C(OC(C)(C)C)C(=O)O)c3N3CCC(C)(C)CC3)nc2)cc1. The molecule has 1 unspecified atom stereocenters. The Morgan fingerprint density at radius 3 is 2.24 bits per heavy atom. The normalized spacial score (nSPS) is 15.8. The predicted octanol–water partition coefficient (Wildman–Crippen LogP) is 6.65. The number of aliphatic carboxylic acids is 1. The van der Waals surface area contributed by atoms with Gasteiger partial charge in [-0.15, -0.1) is 0 Å². The predicted molar refractivity (Wildman–Crippen MR) is 161 cm³/mol. The molecule has 1 aliphatic heterocycles. The number of pyridine rings is 2. The van der Waals surface area contributed by atoms with Crippen molar-refractivity contribution in [2.45, 2.75) is 72.5 Å². The standard InChI is InChI=1S/C33H43N3O5/c1-22-28(30(31(37)38)41-32(2,3)4)29(36-17-15-33(5,6)16-18-36)26(21-34-22)27-13-12-25(20-35-27)40-19-14-23-8-10-24(39-7)11-9-23/h8-13,20-21,30H,14-19H2,1-7H3,(H,37,38). The summed E-state index contributed by atoms with van der Waals surface area (Å²) in [6, 6.07) is 11.8. The van der Waals surface area contributed by atoms with Gasteiger partial charge in [-0.1, -0.05) is 26.0 Å². The summed E-state index contributed by atoms with van der Waals surface area (Å²) in [4.78, 5) is 24.2. The first-order valence-electron chi connectivity index (χ1n) is 14.2. The van der Waals surface area contributed by atoms with Crippen molar-refractivity contribution >= 4 is 11.7 Å². The van der Waals surface area contributed by atoms with Crippen molar-refractivity contribution in [2.75, 3.05) is 31.7 Å². The van der Waals surface area contributed by atoms with E-state index in [9.17, 15) is 9.90 Å². The molecule has 1 saturated heterocycles. The number of aryl methyl sites for hydroxylation is 1. The summed E-state index contributed by atoms with van der Waals surface area (Å²) in [5.41, 5.74) is 4.31. The second-order valence-corrected chi connectivity index (χ2v) is 12.4. The minimum atomic E-state index is -1.16. The monoisotopic (exact) mass is 561 g/mol. The Morgan fingerprint density at radius 1 is 1.02 bits per heavy atom. The first-order chi connectivity index (χ1) is 19.4. The first-order valence-corrected chi connectivity index (χ1v) is 14.2. The molecule has 0 amide bonds. The van der Waals surface area contributed by atoms with E-state index in [1.54, 1.807) is 19.5 Å². The van der Waals surface area contributed by atoms with Gasteiger partial charge in [0, 0.05) is 42.5 Å². The van der Waals surface area contributed by atoms with Crippen molar-refractivity contribution < 1.29 is 24.1 Å². The third-order valence-electron chi connectivity index (χ3n) is 7.51. The van der Waals surface area contributed by atoms with Gasteiger partial charge in [0.2, 0.25) is 0 Å². The maximum absolute atomic E-state index is 12.6. The molecule has 1 N–H and O–H groups in total. The van der Waals surface area contributed by atoms with Crippen molar-refractivity contribution in [3.05, 3.63) is 65.6 Å². The van der Waals surface area contributed by atoms with Crippen molar-refractivity contribution in [1.82, 2.24) is 9.97 Å². The van der Waals surface area contributed by atoms with E-state index in [4.69, 9.17) is 19.2 Å². The number of hydrogen-bond donors (Lipinski definition) is 1. The summed E-state index contributed by atoms with van der Waals surface area (Å²) in [6.07, 6.45) is 5.12. The lowest BCUT2D eigenvalue weighted by Crippen LogP contribution is -2.39. The van der Waals surface area contributed by atoms with Gasteiger partial charge in [0.1, 0.15) is 11.5 Å². The molecule has 3 aromatic rings. The van der Waals surface area contributed by atoms with Gasteiger partial charge in [-0.25, -0.2) is 4.79 Å². The number of carbonyl (C=O) groups is 1. The first kappa shape index (κ1) is 30.3. The number of carboxylic acids is 1. The van der Waals surface area contributed by atoms with Crippen LogP contribution in [0.3, 0.4) is 0 Å². The molecule has 1 atom stereocenters. The zero-order valence-electron chi connectivity index (χ0n) is 25.4. The van der Waals surface area contributed by atoms with Gasteiger partial charge in [0.15, 0.2) is 6.10 Å². The van der Waals surface area contributed by atoms with Gasteiger partial charge in [0.05, 0.1) is 36.9 Å². The van der Waals surface area contributed by atoms with Gasteiger partial charge in [-0.3, -0.25) is 9.97 Å². The zero-order valence-corrected chi connectivity index (χ0v) is 25.4. The quantitative estimate of drug-likeness (QED) is 0.294. The Balaban J connectivity index is 1.64. The summed E-state index contributed by atoms with van der Waals surface area (Å²) in [6.45, 7) is 14.2. The number of anilines is 1. The van der Waals surface area contributed by atoms with Gasteiger partial charge in [-0.05, 0) is 75.8 Å². The average molecular weight is 562 g/mol. The molecule has 220 valence electrons. The number of nitrogens with zero attached hydrogens (tertiary/aromatic N) is 3. The van der Waals surface area contributed by atoms with E-state index in [0.29, 0.717) is 29.3 Å². The van der Waals surface area contributed by atoms with Crippen LogP contribution in [0.25, 0.3) is 11.3 Å². The van der Waals surface area contributed by atoms with E-state index in [0.717, 1.165) is 54.9 Å². The molecule has 8 nitrogen and oxygen atoms in total. The van der Waals surface area contributed by atoms with Crippen molar-refractivity contribution in [3.63, 3.8) is 0 Å². The van der Waals surface area contributed by atoms with Crippen LogP contribution in [0.4, 0.5) is 5.69 Å². The fourth-order valence-electron chi connectivity index (χ4n) is 5.08. The van der Waals surface area contributed by atoms with Crippen LogP contribution in [0.15, 0.2) is 48.8 Å². The number of hydrogen-bond acceptors (Lipinski definition) is 7. The molecule has 1 aliphatic rings. The maximum Gasteiger partial charge on any atom is 0.337 e. The van der Waals surface area contributed by atoms with E-state index >= 15 is 0 Å². The Bertz CT molecular complexity index is 1320. The smallest absolute Gasteiger partial charge is 0.337 e. The molecular weight excluding hydrogens is 518 g/mol. The summed E-state index contributed by atoms with van der Waals surface area (Å²) in [7, 11) is 1.66. The third-order valence-corrected chi connectivity index (χ3v) is 7.51. The van der Waals surface area contributed by atoms with Gasteiger partial charge in [-0.2, -0.15) is 0 Å². The number of rotatable bonds is 10. The molecule has 41 heavy (non-hydrogen) atoms. The fraction of sp³-hybridized carbons (Fsp3) is 0.485. The molecule has 1 fully saturated rings. The highest BCUT2D eigenvalue weighted by Gasteiger charge is 2.36. The number of aromatic nitrogens is 2. The Kier molecular flexibility index (Phi) is 9.22. The highest BCUT2D eigenvalue weighted by molar-refractivity contribution is 5.85. The zero-order chi connectivity index (χ0) is 29.8. The van der Waals surface area contributed by atoms with Crippen molar-refractivity contribution in [2.24, 2.45) is 5.41 Å². The Hall–Kier alpha value is -3.65. The van der Waals surface area contributed by atoms with E-state index in [1.165, 1.54) is 0 Å². The number of ether oxygens (including phenoxy) is 3. The molecule has 0 spiro atoms. The second kappa shape index (κ2) is 12.5. The van der Waals surface area contributed by atoms with Crippen molar-refractivity contribution in [3.8, 4) is 22.8 Å².